The first kappa shape index (κ1) is 13.8. The van der Waals surface area contributed by atoms with E-state index in [9.17, 15) is 0 Å². The van der Waals surface area contributed by atoms with Crippen molar-refractivity contribution < 1.29 is 0 Å². The van der Waals surface area contributed by atoms with Gasteiger partial charge in [0.2, 0.25) is 0 Å². The van der Waals surface area contributed by atoms with Crippen LogP contribution < -0.4 is 5.32 Å². The highest BCUT2D eigenvalue weighted by atomic mass is 127. The Bertz CT molecular complexity index is 557. The topological polar surface area (TPSA) is 24.9 Å². The third-order valence-corrected chi connectivity index (χ3v) is 4.53. The summed E-state index contributed by atoms with van der Waals surface area (Å²) in [5.41, 5.74) is 3.55. The predicted octanol–water partition coefficient (Wildman–Crippen LogP) is 3.96. The third kappa shape index (κ3) is 2.84. The predicted molar refractivity (Wildman–Crippen MR) is 84.0 cm³/mol. The Hall–Kier alpha value is -0.650. The van der Waals surface area contributed by atoms with E-state index in [4.69, 9.17) is 11.6 Å². The fourth-order valence-electron chi connectivity index (χ4n) is 1.97. The standard InChI is InChI=1S/C14H14ClIN2/c1-9-5-6-18-8-11(9)14(17-2)10-3-4-13(16)12(15)7-10/h3-8,14,17H,1-2H3. The molecule has 4 heteroatoms. The van der Waals surface area contributed by atoms with Crippen LogP contribution in [-0.4, -0.2) is 12.0 Å². The molecule has 94 valence electrons. The minimum absolute atomic E-state index is 0.119. The van der Waals surface area contributed by atoms with Crippen molar-refractivity contribution in [3.8, 4) is 0 Å². The highest BCUT2D eigenvalue weighted by Crippen LogP contribution is 2.28. The zero-order chi connectivity index (χ0) is 13.1. The Morgan fingerprint density at radius 1 is 1.33 bits per heavy atom. The van der Waals surface area contributed by atoms with Crippen LogP contribution in [0.3, 0.4) is 0 Å². The zero-order valence-corrected chi connectivity index (χ0v) is 13.2. The van der Waals surface area contributed by atoms with Crippen molar-refractivity contribution >= 4 is 34.2 Å². The summed E-state index contributed by atoms with van der Waals surface area (Å²) in [7, 11) is 1.95. The summed E-state index contributed by atoms with van der Waals surface area (Å²) in [6, 6.07) is 8.29. The molecular formula is C14H14ClIN2. The lowest BCUT2D eigenvalue weighted by Gasteiger charge is -2.19. The van der Waals surface area contributed by atoms with Crippen LogP contribution in [0.1, 0.15) is 22.7 Å². The molecule has 0 aliphatic carbocycles. The van der Waals surface area contributed by atoms with Crippen molar-refractivity contribution in [2.45, 2.75) is 13.0 Å². The summed E-state index contributed by atoms with van der Waals surface area (Å²) in [4.78, 5) is 4.21. The van der Waals surface area contributed by atoms with Crippen LogP contribution in [0.2, 0.25) is 5.02 Å². The molecule has 0 fully saturated rings. The van der Waals surface area contributed by atoms with Gasteiger partial charge in [0.1, 0.15) is 0 Å². The first-order valence-corrected chi connectivity index (χ1v) is 7.12. The number of hydrogen-bond donors (Lipinski definition) is 1. The zero-order valence-electron chi connectivity index (χ0n) is 10.2. The van der Waals surface area contributed by atoms with Gasteiger partial charge in [-0.3, -0.25) is 4.98 Å². The summed E-state index contributed by atoms with van der Waals surface area (Å²) in [6.07, 6.45) is 3.72. The van der Waals surface area contributed by atoms with Gasteiger partial charge in [-0.2, -0.15) is 0 Å². The molecule has 0 aliphatic rings. The molecule has 1 N–H and O–H groups in total. The van der Waals surface area contributed by atoms with Crippen LogP contribution in [0.15, 0.2) is 36.7 Å². The van der Waals surface area contributed by atoms with Gasteiger partial charge in [0, 0.05) is 16.0 Å². The van der Waals surface area contributed by atoms with Crippen LogP contribution in [0.25, 0.3) is 0 Å². The van der Waals surface area contributed by atoms with Crippen LogP contribution in [-0.2, 0) is 0 Å². The number of pyridine rings is 1. The number of rotatable bonds is 3. The minimum Gasteiger partial charge on any atom is -0.309 e. The summed E-state index contributed by atoms with van der Waals surface area (Å²) in [6.45, 7) is 2.09. The van der Waals surface area contributed by atoms with Crippen molar-refractivity contribution in [1.29, 1.82) is 0 Å². The Kier molecular flexibility index (Phi) is 4.59. The number of aryl methyl sites for hydroxylation is 1. The van der Waals surface area contributed by atoms with Gasteiger partial charge >= 0.3 is 0 Å². The first-order valence-electron chi connectivity index (χ1n) is 5.66. The van der Waals surface area contributed by atoms with Gasteiger partial charge in [0.05, 0.1) is 11.1 Å². The van der Waals surface area contributed by atoms with E-state index in [-0.39, 0.29) is 6.04 Å². The maximum absolute atomic E-state index is 6.19. The molecule has 0 amide bonds. The maximum Gasteiger partial charge on any atom is 0.0592 e. The SMILES string of the molecule is CNC(c1ccc(I)c(Cl)c1)c1cnccc1C. The van der Waals surface area contributed by atoms with Gasteiger partial charge in [-0.25, -0.2) is 0 Å². The second-order valence-corrected chi connectivity index (χ2v) is 5.70. The Morgan fingerprint density at radius 2 is 2.11 bits per heavy atom. The molecule has 2 nitrogen and oxygen atoms in total. The lowest BCUT2D eigenvalue weighted by Crippen LogP contribution is -2.19. The molecule has 0 saturated heterocycles. The maximum atomic E-state index is 6.19. The highest BCUT2D eigenvalue weighted by molar-refractivity contribution is 14.1. The van der Waals surface area contributed by atoms with Crippen molar-refractivity contribution in [2.75, 3.05) is 7.05 Å². The third-order valence-electron chi connectivity index (χ3n) is 2.96. The monoisotopic (exact) mass is 372 g/mol. The lowest BCUT2D eigenvalue weighted by atomic mass is 9.97. The number of aromatic nitrogens is 1. The molecule has 1 unspecified atom stereocenters. The summed E-state index contributed by atoms with van der Waals surface area (Å²) in [5.74, 6) is 0. The van der Waals surface area contributed by atoms with Crippen molar-refractivity contribution in [1.82, 2.24) is 10.3 Å². The van der Waals surface area contributed by atoms with Gasteiger partial charge < -0.3 is 5.32 Å². The Morgan fingerprint density at radius 3 is 2.72 bits per heavy atom. The Labute approximate surface area is 126 Å². The van der Waals surface area contributed by atoms with Crippen molar-refractivity contribution in [3.05, 3.63) is 61.9 Å². The molecule has 18 heavy (non-hydrogen) atoms. The summed E-state index contributed by atoms with van der Waals surface area (Å²) in [5, 5.41) is 4.11. The first-order chi connectivity index (χ1) is 8.63. The van der Waals surface area contributed by atoms with E-state index < -0.39 is 0 Å². The van der Waals surface area contributed by atoms with Crippen LogP contribution in [0, 0.1) is 10.5 Å². The number of halogens is 2. The average molecular weight is 373 g/mol. The molecule has 0 saturated carbocycles. The molecule has 2 aromatic rings. The van der Waals surface area contributed by atoms with Gasteiger partial charge in [-0.05, 0) is 71.5 Å². The van der Waals surface area contributed by atoms with Crippen LogP contribution >= 0.6 is 34.2 Å². The fraction of sp³-hybridized carbons (Fsp3) is 0.214. The molecule has 1 atom stereocenters. The fourth-order valence-corrected chi connectivity index (χ4v) is 2.50. The number of hydrogen-bond acceptors (Lipinski definition) is 2. The van der Waals surface area contributed by atoms with E-state index >= 15 is 0 Å². The van der Waals surface area contributed by atoms with Gasteiger partial charge in [0.25, 0.3) is 0 Å². The number of benzene rings is 1. The molecule has 0 spiro atoms. The van der Waals surface area contributed by atoms with E-state index in [1.807, 2.05) is 37.6 Å². The van der Waals surface area contributed by atoms with Crippen molar-refractivity contribution in [3.63, 3.8) is 0 Å². The van der Waals surface area contributed by atoms with Crippen LogP contribution in [0.4, 0.5) is 0 Å². The molecule has 1 aromatic carbocycles. The second-order valence-electron chi connectivity index (χ2n) is 4.13. The summed E-state index contributed by atoms with van der Waals surface area (Å²) >= 11 is 8.42. The van der Waals surface area contributed by atoms with E-state index in [0.717, 1.165) is 14.2 Å². The van der Waals surface area contributed by atoms with Gasteiger partial charge in [-0.15, -0.1) is 0 Å². The molecule has 1 heterocycles. The second kappa shape index (κ2) is 5.99. The molecule has 0 aliphatic heterocycles. The quantitative estimate of drug-likeness (QED) is 0.825. The molecule has 0 radical (unpaired) electrons. The highest BCUT2D eigenvalue weighted by Gasteiger charge is 2.15. The molecule has 1 aromatic heterocycles. The normalized spacial score (nSPS) is 12.4. The average Bonchev–Trinajstić information content (AvgIpc) is 2.37. The number of nitrogens with zero attached hydrogens (tertiary/aromatic N) is 1. The lowest BCUT2D eigenvalue weighted by molar-refractivity contribution is 0.684. The molecular weight excluding hydrogens is 359 g/mol. The number of nitrogens with one attached hydrogen (secondary N) is 1. The van der Waals surface area contributed by atoms with E-state index in [1.54, 1.807) is 0 Å². The van der Waals surface area contributed by atoms with E-state index in [2.05, 4.69) is 45.9 Å². The summed E-state index contributed by atoms with van der Waals surface area (Å²) < 4.78 is 1.07. The Balaban J connectivity index is 2.45. The van der Waals surface area contributed by atoms with Gasteiger partial charge in [0.15, 0.2) is 0 Å². The molecule has 0 bridgehead atoms. The smallest absolute Gasteiger partial charge is 0.0592 e. The van der Waals surface area contributed by atoms with E-state index in [0.29, 0.717) is 0 Å². The van der Waals surface area contributed by atoms with Gasteiger partial charge in [-0.1, -0.05) is 17.7 Å². The minimum atomic E-state index is 0.119. The van der Waals surface area contributed by atoms with E-state index in [1.165, 1.54) is 11.1 Å². The largest absolute Gasteiger partial charge is 0.309 e. The van der Waals surface area contributed by atoms with Crippen molar-refractivity contribution in [2.24, 2.45) is 0 Å². The molecule has 2 rings (SSSR count). The van der Waals surface area contributed by atoms with Crippen LogP contribution in [0.5, 0.6) is 0 Å².